The quantitative estimate of drug-likeness (QED) is 0.685. The molecule has 0 radical (unpaired) electrons. The summed E-state index contributed by atoms with van der Waals surface area (Å²) in [5.41, 5.74) is 3.09. The SMILES string of the molecule is Cc1ncnc(N2CC3CN(C(=O)c4nc5ccccc5s4)CC3C2)c1C. The summed E-state index contributed by atoms with van der Waals surface area (Å²) >= 11 is 1.49. The topological polar surface area (TPSA) is 62.2 Å². The van der Waals surface area contributed by atoms with E-state index in [0.29, 0.717) is 16.8 Å². The van der Waals surface area contributed by atoms with Crippen LogP contribution in [0.2, 0.25) is 0 Å². The summed E-state index contributed by atoms with van der Waals surface area (Å²) in [5, 5.41) is 0.607. The number of likely N-dealkylation sites (tertiary alicyclic amines) is 1. The number of amides is 1. The van der Waals surface area contributed by atoms with E-state index in [-0.39, 0.29) is 5.91 Å². The molecule has 2 unspecified atom stereocenters. The first-order valence-electron chi connectivity index (χ1n) is 9.28. The Labute approximate surface area is 161 Å². The third-order valence-corrected chi connectivity index (χ3v) is 6.88. The Morgan fingerprint density at radius 3 is 2.56 bits per heavy atom. The molecule has 2 atom stereocenters. The average Bonchev–Trinajstić information content (AvgIpc) is 3.35. The number of rotatable bonds is 2. The Balaban J connectivity index is 1.30. The van der Waals surface area contributed by atoms with E-state index in [1.807, 2.05) is 36.1 Å². The van der Waals surface area contributed by atoms with Gasteiger partial charge in [0, 0.05) is 49.3 Å². The van der Waals surface area contributed by atoms with Crippen molar-refractivity contribution >= 4 is 33.3 Å². The fraction of sp³-hybridized carbons (Fsp3) is 0.400. The van der Waals surface area contributed by atoms with Crippen LogP contribution in [0.3, 0.4) is 0 Å². The number of aryl methyl sites for hydroxylation is 1. The van der Waals surface area contributed by atoms with Gasteiger partial charge in [0.25, 0.3) is 5.91 Å². The van der Waals surface area contributed by atoms with Gasteiger partial charge in [0.1, 0.15) is 12.1 Å². The van der Waals surface area contributed by atoms with Crippen molar-refractivity contribution in [3.05, 3.63) is 46.9 Å². The smallest absolute Gasteiger partial charge is 0.282 e. The van der Waals surface area contributed by atoms with Gasteiger partial charge >= 0.3 is 0 Å². The molecule has 0 N–H and O–H groups in total. The normalized spacial score (nSPS) is 21.9. The molecule has 2 aliphatic rings. The van der Waals surface area contributed by atoms with Gasteiger partial charge in [-0.1, -0.05) is 12.1 Å². The summed E-state index contributed by atoms with van der Waals surface area (Å²) in [6.45, 7) is 7.62. The maximum atomic E-state index is 12.9. The Bertz CT molecular complexity index is 985. The highest BCUT2D eigenvalue weighted by atomic mass is 32.1. The minimum atomic E-state index is 0.0752. The second-order valence-electron chi connectivity index (χ2n) is 7.53. The van der Waals surface area contributed by atoms with Crippen molar-refractivity contribution in [2.45, 2.75) is 13.8 Å². The number of benzene rings is 1. The van der Waals surface area contributed by atoms with Crippen LogP contribution in [0.5, 0.6) is 0 Å². The largest absolute Gasteiger partial charge is 0.356 e. The molecule has 5 rings (SSSR count). The summed E-state index contributed by atoms with van der Waals surface area (Å²) in [5.74, 6) is 2.11. The first-order valence-corrected chi connectivity index (χ1v) is 10.1. The van der Waals surface area contributed by atoms with Crippen molar-refractivity contribution in [1.29, 1.82) is 0 Å². The summed E-state index contributed by atoms with van der Waals surface area (Å²) in [4.78, 5) is 30.6. The summed E-state index contributed by atoms with van der Waals surface area (Å²) in [6.07, 6.45) is 1.65. The Morgan fingerprint density at radius 2 is 1.81 bits per heavy atom. The molecule has 0 bridgehead atoms. The van der Waals surface area contributed by atoms with Crippen LogP contribution in [0, 0.1) is 25.7 Å². The van der Waals surface area contributed by atoms with Gasteiger partial charge in [0.2, 0.25) is 0 Å². The van der Waals surface area contributed by atoms with Gasteiger partial charge in [0.15, 0.2) is 5.01 Å². The predicted octanol–water partition coefficient (Wildman–Crippen LogP) is 2.91. The number of aromatic nitrogens is 3. The Hall–Kier alpha value is -2.54. The zero-order valence-electron chi connectivity index (χ0n) is 15.4. The highest BCUT2D eigenvalue weighted by Crippen LogP contribution is 2.35. The van der Waals surface area contributed by atoms with E-state index in [1.165, 1.54) is 11.3 Å². The second-order valence-corrected chi connectivity index (χ2v) is 8.56. The molecule has 0 spiro atoms. The molecule has 0 saturated carbocycles. The fourth-order valence-corrected chi connectivity index (χ4v) is 5.21. The fourth-order valence-electron chi connectivity index (χ4n) is 4.28. The number of hydrogen-bond acceptors (Lipinski definition) is 6. The van der Waals surface area contributed by atoms with Crippen molar-refractivity contribution < 1.29 is 4.79 Å². The Kier molecular flexibility index (Phi) is 3.86. The van der Waals surface area contributed by atoms with Gasteiger partial charge in [-0.2, -0.15) is 0 Å². The lowest BCUT2D eigenvalue weighted by Gasteiger charge is -2.23. The number of para-hydroxylation sites is 1. The number of carbonyl (C=O) groups is 1. The molecule has 2 fully saturated rings. The van der Waals surface area contributed by atoms with Gasteiger partial charge in [-0.15, -0.1) is 11.3 Å². The lowest BCUT2D eigenvalue weighted by Crippen LogP contribution is -2.33. The lowest BCUT2D eigenvalue weighted by molar-refractivity contribution is 0.0782. The Morgan fingerprint density at radius 1 is 1.07 bits per heavy atom. The van der Waals surface area contributed by atoms with Gasteiger partial charge in [-0.25, -0.2) is 15.0 Å². The number of thiazole rings is 1. The molecular weight excluding hydrogens is 358 g/mol. The summed E-state index contributed by atoms with van der Waals surface area (Å²) in [6, 6.07) is 7.93. The number of fused-ring (bicyclic) bond motifs is 2. The molecule has 2 aliphatic heterocycles. The monoisotopic (exact) mass is 379 g/mol. The molecule has 4 heterocycles. The van der Waals surface area contributed by atoms with Crippen LogP contribution in [0.15, 0.2) is 30.6 Å². The zero-order valence-corrected chi connectivity index (χ0v) is 16.2. The second kappa shape index (κ2) is 6.27. The molecule has 7 heteroatoms. The van der Waals surface area contributed by atoms with Gasteiger partial charge in [-0.3, -0.25) is 4.79 Å². The summed E-state index contributed by atoms with van der Waals surface area (Å²) in [7, 11) is 0. The molecule has 2 aromatic heterocycles. The number of carbonyl (C=O) groups excluding carboxylic acids is 1. The van der Waals surface area contributed by atoms with Crippen LogP contribution in [-0.4, -0.2) is 51.9 Å². The van der Waals surface area contributed by atoms with Crippen LogP contribution in [0.1, 0.15) is 21.1 Å². The zero-order chi connectivity index (χ0) is 18.5. The average molecular weight is 379 g/mol. The van der Waals surface area contributed by atoms with E-state index < -0.39 is 0 Å². The van der Waals surface area contributed by atoms with E-state index in [4.69, 9.17) is 0 Å². The van der Waals surface area contributed by atoms with Gasteiger partial charge in [0.05, 0.1) is 10.2 Å². The maximum Gasteiger partial charge on any atom is 0.282 e. The van der Waals surface area contributed by atoms with Crippen LogP contribution >= 0.6 is 11.3 Å². The van der Waals surface area contributed by atoms with Gasteiger partial charge in [-0.05, 0) is 26.0 Å². The minimum absolute atomic E-state index is 0.0752. The molecular formula is C20H21N5OS. The van der Waals surface area contributed by atoms with Crippen LogP contribution in [0.25, 0.3) is 10.2 Å². The minimum Gasteiger partial charge on any atom is -0.356 e. The van der Waals surface area contributed by atoms with Crippen LogP contribution in [-0.2, 0) is 0 Å². The standard InChI is InChI=1S/C20H21N5OS/c1-12-13(2)21-11-22-18(12)24-7-14-9-25(10-15(14)8-24)20(26)19-23-16-5-3-4-6-17(16)27-19/h3-6,11,14-15H,7-10H2,1-2H3. The molecule has 2 saturated heterocycles. The highest BCUT2D eigenvalue weighted by molar-refractivity contribution is 7.20. The van der Waals surface area contributed by atoms with E-state index in [1.54, 1.807) is 6.33 Å². The summed E-state index contributed by atoms with van der Waals surface area (Å²) < 4.78 is 1.07. The van der Waals surface area contributed by atoms with Gasteiger partial charge < -0.3 is 9.80 Å². The van der Waals surface area contributed by atoms with Crippen molar-refractivity contribution in [1.82, 2.24) is 19.9 Å². The van der Waals surface area contributed by atoms with Crippen molar-refractivity contribution in [3.63, 3.8) is 0 Å². The van der Waals surface area contributed by atoms with Crippen molar-refractivity contribution in [2.75, 3.05) is 31.1 Å². The molecule has 1 amide bonds. The predicted molar refractivity (Wildman–Crippen MR) is 106 cm³/mol. The van der Waals surface area contributed by atoms with Crippen molar-refractivity contribution in [2.24, 2.45) is 11.8 Å². The number of anilines is 1. The maximum absolute atomic E-state index is 12.9. The molecule has 3 aromatic rings. The van der Waals surface area contributed by atoms with E-state index >= 15 is 0 Å². The van der Waals surface area contributed by atoms with Crippen molar-refractivity contribution in [3.8, 4) is 0 Å². The number of nitrogens with zero attached hydrogens (tertiary/aromatic N) is 5. The molecule has 138 valence electrons. The molecule has 1 aromatic carbocycles. The van der Waals surface area contributed by atoms with E-state index in [0.717, 1.165) is 53.5 Å². The first-order chi connectivity index (χ1) is 13.1. The molecule has 0 aliphatic carbocycles. The van der Waals surface area contributed by atoms with Crippen LogP contribution in [0.4, 0.5) is 5.82 Å². The van der Waals surface area contributed by atoms with E-state index in [2.05, 4.69) is 26.8 Å². The van der Waals surface area contributed by atoms with E-state index in [9.17, 15) is 4.79 Å². The first kappa shape index (κ1) is 16.6. The highest BCUT2D eigenvalue weighted by Gasteiger charge is 2.43. The number of hydrogen-bond donors (Lipinski definition) is 0. The third kappa shape index (κ3) is 2.77. The van der Waals surface area contributed by atoms with Crippen LogP contribution < -0.4 is 4.90 Å². The molecule has 6 nitrogen and oxygen atoms in total. The third-order valence-electron chi connectivity index (χ3n) is 5.86. The lowest BCUT2D eigenvalue weighted by atomic mass is 10.0. The molecule has 27 heavy (non-hydrogen) atoms.